The van der Waals surface area contributed by atoms with Crippen LogP contribution in [-0.2, 0) is 9.59 Å². The van der Waals surface area contributed by atoms with E-state index in [1.807, 2.05) is 0 Å². The van der Waals surface area contributed by atoms with E-state index in [2.05, 4.69) is 10.6 Å². The normalized spacial score (nSPS) is 19.7. The van der Waals surface area contributed by atoms with E-state index < -0.39 is 11.2 Å². The molecule has 0 saturated heterocycles. The monoisotopic (exact) mass is 324 g/mol. The van der Waals surface area contributed by atoms with Gasteiger partial charge in [-0.15, -0.1) is 0 Å². The molecule has 0 radical (unpaired) electrons. The van der Waals surface area contributed by atoms with Gasteiger partial charge in [0.05, 0.1) is 5.02 Å². The van der Waals surface area contributed by atoms with Crippen molar-refractivity contribution in [3.05, 3.63) is 29.0 Å². The van der Waals surface area contributed by atoms with Gasteiger partial charge in [-0.3, -0.25) is 9.59 Å². The summed E-state index contributed by atoms with van der Waals surface area (Å²) in [6, 6.07) is 4.16. The van der Waals surface area contributed by atoms with Crippen molar-refractivity contribution in [2.24, 2.45) is 5.41 Å². The van der Waals surface area contributed by atoms with Gasteiger partial charge in [0, 0.05) is 11.7 Å². The molecule has 2 N–H and O–H groups in total. The average Bonchev–Trinajstić information content (AvgIpc) is 3.16. The molecule has 2 saturated carbocycles. The van der Waals surface area contributed by atoms with Gasteiger partial charge in [0.2, 0.25) is 11.8 Å². The van der Waals surface area contributed by atoms with Gasteiger partial charge in [-0.1, -0.05) is 24.4 Å². The molecule has 2 aliphatic rings. The van der Waals surface area contributed by atoms with Crippen molar-refractivity contribution in [2.75, 3.05) is 5.32 Å². The van der Waals surface area contributed by atoms with E-state index in [1.165, 1.54) is 18.2 Å². The Morgan fingerprint density at radius 1 is 1.18 bits per heavy atom. The molecule has 0 heterocycles. The van der Waals surface area contributed by atoms with Crippen LogP contribution in [0.4, 0.5) is 10.1 Å². The molecule has 2 aliphatic carbocycles. The van der Waals surface area contributed by atoms with Gasteiger partial charge in [-0.05, 0) is 43.9 Å². The zero-order valence-corrected chi connectivity index (χ0v) is 12.9. The molecule has 1 aromatic rings. The van der Waals surface area contributed by atoms with Crippen LogP contribution in [-0.4, -0.2) is 17.9 Å². The number of hydrogen-bond donors (Lipinski definition) is 2. The fourth-order valence-electron chi connectivity index (χ4n) is 2.90. The first-order valence-corrected chi connectivity index (χ1v) is 7.96. The third kappa shape index (κ3) is 2.95. The minimum absolute atomic E-state index is 0.0574. The molecule has 0 unspecified atom stereocenters. The van der Waals surface area contributed by atoms with Gasteiger partial charge in [0.1, 0.15) is 11.2 Å². The Morgan fingerprint density at radius 2 is 1.86 bits per heavy atom. The Morgan fingerprint density at radius 3 is 2.45 bits per heavy atom. The lowest BCUT2D eigenvalue weighted by atomic mass is 10.0. The second-order valence-corrected chi connectivity index (χ2v) is 6.53. The lowest BCUT2D eigenvalue weighted by Gasteiger charge is -2.18. The zero-order valence-electron chi connectivity index (χ0n) is 12.1. The van der Waals surface area contributed by atoms with E-state index in [0.29, 0.717) is 18.5 Å². The highest BCUT2D eigenvalue weighted by molar-refractivity contribution is 6.31. The molecule has 3 rings (SSSR count). The Balaban J connectivity index is 1.65. The first-order valence-electron chi connectivity index (χ1n) is 7.59. The second kappa shape index (κ2) is 5.88. The fraction of sp³-hybridized carbons (Fsp3) is 0.500. The van der Waals surface area contributed by atoms with Crippen LogP contribution in [0.2, 0.25) is 5.02 Å². The first-order chi connectivity index (χ1) is 10.5. The highest BCUT2D eigenvalue weighted by atomic mass is 35.5. The van der Waals surface area contributed by atoms with Crippen molar-refractivity contribution < 1.29 is 14.0 Å². The molecule has 2 amide bonds. The van der Waals surface area contributed by atoms with Crippen molar-refractivity contribution in [1.29, 1.82) is 0 Å². The molecule has 1 aromatic carbocycles. The summed E-state index contributed by atoms with van der Waals surface area (Å²) in [6.45, 7) is 0. The molecule has 0 bridgehead atoms. The molecule has 0 aromatic heterocycles. The second-order valence-electron chi connectivity index (χ2n) is 6.12. The molecule has 2 fully saturated rings. The smallest absolute Gasteiger partial charge is 0.240 e. The summed E-state index contributed by atoms with van der Waals surface area (Å²) < 4.78 is 13.1. The fourth-order valence-corrected chi connectivity index (χ4v) is 3.08. The zero-order chi connectivity index (χ0) is 15.7. The Bertz CT molecular complexity index is 610. The van der Waals surface area contributed by atoms with E-state index in [1.54, 1.807) is 0 Å². The molecule has 118 valence electrons. The topological polar surface area (TPSA) is 58.2 Å². The number of halogens is 2. The molecule has 0 atom stereocenters. The van der Waals surface area contributed by atoms with Gasteiger partial charge in [-0.25, -0.2) is 4.39 Å². The highest BCUT2D eigenvalue weighted by Crippen LogP contribution is 2.47. The number of carbonyl (C=O) groups is 2. The maximum atomic E-state index is 13.1. The molecule has 4 nitrogen and oxygen atoms in total. The number of nitrogens with one attached hydrogen (secondary N) is 2. The largest absolute Gasteiger partial charge is 0.352 e. The van der Waals surface area contributed by atoms with E-state index in [4.69, 9.17) is 11.6 Å². The number of amides is 2. The van der Waals surface area contributed by atoms with Gasteiger partial charge in [-0.2, -0.15) is 0 Å². The first kappa shape index (κ1) is 15.3. The van der Waals surface area contributed by atoms with Crippen LogP contribution < -0.4 is 10.6 Å². The van der Waals surface area contributed by atoms with E-state index in [0.717, 1.165) is 25.7 Å². The SMILES string of the molecule is O=C(Nc1ccc(F)c(Cl)c1)C1(C(=O)NC2CCCC2)CC1. The Kier molecular flexibility index (Phi) is 4.08. The van der Waals surface area contributed by atoms with Crippen molar-refractivity contribution >= 4 is 29.1 Å². The number of anilines is 1. The lowest BCUT2D eigenvalue weighted by Crippen LogP contribution is -2.43. The maximum absolute atomic E-state index is 13.1. The van der Waals surface area contributed by atoms with Crippen molar-refractivity contribution in [1.82, 2.24) is 5.32 Å². The van der Waals surface area contributed by atoms with Crippen molar-refractivity contribution in [3.63, 3.8) is 0 Å². The minimum atomic E-state index is -0.969. The molecule has 6 heteroatoms. The predicted octanol–water partition coefficient (Wildman–Crippen LogP) is 3.26. The van der Waals surface area contributed by atoms with Gasteiger partial charge in [0.25, 0.3) is 0 Å². The summed E-state index contributed by atoms with van der Waals surface area (Å²) in [7, 11) is 0. The molecule has 0 spiro atoms. The van der Waals surface area contributed by atoms with Crippen LogP contribution in [0.3, 0.4) is 0 Å². The van der Waals surface area contributed by atoms with Gasteiger partial charge < -0.3 is 10.6 Å². The van der Waals surface area contributed by atoms with Crippen LogP contribution in [0.15, 0.2) is 18.2 Å². The van der Waals surface area contributed by atoms with Gasteiger partial charge >= 0.3 is 0 Å². The number of rotatable bonds is 4. The quantitative estimate of drug-likeness (QED) is 0.835. The van der Waals surface area contributed by atoms with E-state index in [9.17, 15) is 14.0 Å². The molecular weight excluding hydrogens is 307 g/mol. The third-order valence-electron chi connectivity index (χ3n) is 4.49. The predicted molar refractivity (Wildman–Crippen MR) is 82.1 cm³/mol. The number of carbonyl (C=O) groups excluding carboxylic acids is 2. The molecular formula is C16H18ClFN2O2. The van der Waals surface area contributed by atoms with Crippen LogP contribution in [0.5, 0.6) is 0 Å². The molecule has 0 aliphatic heterocycles. The molecule has 22 heavy (non-hydrogen) atoms. The van der Waals surface area contributed by atoms with E-state index in [-0.39, 0.29) is 22.9 Å². The minimum Gasteiger partial charge on any atom is -0.352 e. The average molecular weight is 325 g/mol. The van der Waals surface area contributed by atoms with Gasteiger partial charge in [0.15, 0.2) is 0 Å². The number of hydrogen-bond acceptors (Lipinski definition) is 2. The number of benzene rings is 1. The highest BCUT2D eigenvalue weighted by Gasteiger charge is 2.56. The van der Waals surface area contributed by atoms with E-state index >= 15 is 0 Å². The summed E-state index contributed by atoms with van der Waals surface area (Å²) in [5, 5.41) is 5.59. The van der Waals surface area contributed by atoms with Crippen LogP contribution >= 0.6 is 11.6 Å². The van der Waals surface area contributed by atoms with Crippen molar-refractivity contribution in [3.8, 4) is 0 Å². The Labute approximate surface area is 133 Å². The lowest BCUT2D eigenvalue weighted by molar-refractivity contribution is -0.134. The van der Waals surface area contributed by atoms with Crippen LogP contribution in [0, 0.1) is 11.2 Å². The van der Waals surface area contributed by atoms with Crippen LogP contribution in [0.1, 0.15) is 38.5 Å². The summed E-state index contributed by atoms with van der Waals surface area (Å²) in [5.41, 5.74) is -0.569. The Hall–Kier alpha value is -1.62. The van der Waals surface area contributed by atoms with Crippen LogP contribution in [0.25, 0.3) is 0 Å². The summed E-state index contributed by atoms with van der Waals surface area (Å²) in [4.78, 5) is 24.8. The van der Waals surface area contributed by atoms with Crippen molar-refractivity contribution in [2.45, 2.75) is 44.6 Å². The third-order valence-corrected chi connectivity index (χ3v) is 4.78. The maximum Gasteiger partial charge on any atom is 0.240 e. The summed E-state index contributed by atoms with van der Waals surface area (Å²) >= 11 is 5.70. The standard InChI is InChI=1S/C16H18ClFN2O2/c17-12-9-11(5-6-13(12)18)20-15(22)16(7-8-16)14(21)19-10-3-1-2-4-10/h5-6,9-10H,1-4,7-8H2,(H,19,21)(H,20,22). The summed E-state index contributed by atoms with van der Waals surface area (Å²) in [5.74, 6) is -1.07. The summed E-state index contributed by atoms with van der Waals surface area (Å²) in [6.07, 6.45) is 5.31.